The maximum atomic E-state index is 10.9. The summed E-state index contributed by atoms with van der Waals surface area (Å²) < 4.78 is 0. The van der Waals surface area contributed by atoms with Gasteiger partial charge in [-0.1, -0.05) is 25.3 Å². The molecule has 0 atom stereocenters. The van der Waals surface area contributed by atoms with Crippen LogP contribution in [0.25, 0.3) is 0 Å². The van der Waals surface area contributed by atoms with Crippen molar-refractivity contribution in [3.63, 3.8) is 0 Å². The molecule has 0 spiro atoms. The van der Waals surface area contributed by atoms with Crippen molar-refractivity contribution in [1.82, 2.24) is 0 Å². The van der Waals surface area contributed by atoms with Crippen LogP contribution in [0.5, 0.6) is 0 Å². The summed E-state index contributed by atoms with van der Waals surface area (Å²) in [5.74, 6) is 0.906. The summed E-state index contributed by atoms with van der Waals surface area (Å²) in [6.45, 7) is 3.57. The van der Waals surface area contributed by atoms with E-state index in [-0.39, 0.29) is 5.78 Å². The molecular formula is C11H18O. The van der Waals surface area contributed by atoms with E-state index in [9.17, 15) is 4.79 Å². The van der Waals surface area contributed by atoms with E-state index >= 15 is 0 Å². The summed E-state index contributed by atoms with van der Waals surface area (Å²) in [7, 11) is 0. The Kier molecular flexibility index (Phi) is 3.51. The van der Waals surface area contributed by atoms with E-state index in [1.807, 2.05) is 6.92 Å². The minimum Gasteiger partial charge on any atom is -0.295 e. The molecule has 0 aromatic heterocycles. The van der Waals surface area contributed by atoms with Crippen molar-refractivity contribution in [3.8, 4) is 0 Å². The molecule has 1 aliphatic rings. The van der Waals surface area contributed by atoms with Crippen molar-refractivity contribution in [1.29, 1.82) is 0 Å². The van der Waals surface area contributed by atoms with Crippen LogP contribution in [-0.2, 0) is 4.79 Å². The molecule has 0 N–H and O–H groups in total. The van der Waals surface area contributed by atoms with Crippen LogP contribution in [-0.4, -0.2) is 5.78 Å². The van der Waals surface area contributed by atoms with Gasteiger partial charge < -0.3 is 0 Å². The van der Waals surface area contributed by atoms with Crippen LogP contribution in [0.4, 0.5) is 0 Å². The zero-order valence-corrected chi connectivity index (χ0v) is 8.10. The fraction of sp³-hybridized carbons (Fsp3) is 0.727. The highest BCUT2D eigenvalue weighted by molar-refractivity contribution is 5.92. The second-order valence-electron chi connectivity index (χ2n) is 3.80. The van der Waals surface area contributed by atoms with Crippen LogP contribution in [0.1, 0.15) is 46.0 Å². The first-order chi connectivity index (χ1) is 5.70. The highest BCUT2D eigenvalue weighted by Gasteiger charge is 2.11. The van der Waals surface area contributed by atoms with Gasteiger partial charge in [-0.3, -0.25) is 4.79 Å². The number of carbonyl (C=O) groups excluding carboxylic acids is 1. The summed E-state index contributed by atoms with van der Waals surface area (Å²) in [4.78, 5) is 10.9. The Hall–Kier alpha value is -0.590. The minimum absolute atomic E-state index is 0.223. The molecule has 1 fully saturated rings. The van der Waals surface area contributed by atoms with Crippen molar-refractivity contribution in [2.45, 2.75) is 46.0 Å². The molecule has 68 valence electrons. The van der Waals surface area contributed by atoms with Gasteiger partial charge in [0.1, 0.15) is 0 Å². The van der Waals surface area contributed by atoms with Gasteiger partial charge in [0.25, 0.3) is 0 Å². The van der Waals surface area contributed by atoms with Crippen molar-refractivity contribution in [3.05, 3.63) is 11.6 Å². The maximum Gasteiger partial charge on any atom is 0.155 e. The largest absolute Gasteiger partial charge is 0.295 e. The number of Topliss-reactive ketones (excluding diaryl/α,β-unsaturated/α-hetero) is 1. The molecule has 0 unspecified atom stereocenters. The van der Waals surface area contributed by atoms with Crippen molar-refractivity contribution in [2.75, 3.05) is 0 Å². The first kappa shape index (κ1) is 9.50. The van der Waals surface area contributed by atoms with E-state index in [1.54, 1.807) is 6.92 Å². The van der Waals surface area contributed by atoms with Crippen LogP contribution in [0, 0.1) is 5.92 Å². The Labute approximate surface area is 74.9 Å². The van der Waals surface area contributed by atoms with E-state index in [0.717, 1.165) is 5.57 Å². The number of hydrogen-bond acceptors (Lipinski definition) is 1. The Morgan fingerprint density at radius 2 is 1.75 bits per heavy atom. The van der Waals surface area contributed by atoms with E-state index in [4.69, 9.17) is 0 Å². The van der Waals surface area contributed by atoms with Gasteiger partial charge in [0.15, 0.2) is 5.78 Å². The number of allylic oxidation sites excluding steroid dienone is 2. The zero-order chi connectivity index (χ0) is 8.97. The van der Waals surface area contributed by atoms with Crippen molar-refractivity contribution < 1.29 is 4.79 Å². The summed E-state index contributed by atoms with van der Waals surface area (Å²) in [6, 6.07) is 0. The smallest absolute Gasteiger partial charge is 0.155 e. The second-order valence-corrected chi connectivity index (χ2v) is 3.80. The number of rotatable bonds is 2. The molecule has 0 saturated heterocycles. The lowest BCUT2D eigenvalue weighted by Crippen LogP contribution is -2.05. The number of carbonyl (C=O) groups is 1. The van der Waals surface area contributed by atoms with Crippen LogP contribution >= 0.6 is 0 Å². The molecule has 1 saturated carbocycles. The fourth-order valence-corrected chi connectivity index (χ4v) is 1.77. The molecule has 1 nitrogen and oxygen atoms in total. The first-order valence-electron chi connectivity index (χ1n) is 4.89. The third-order valence-electron chi connectivity index (χ3n) is 2.69. The zero-order valence-electron chi connectivity index (χ0n) is 8.10. The lowest BCUT2D eigenvalue weighted by molar-refractivity contribution is -0.113. The third kappa shape index (κ3) is 2.80. The molecule has 0 amide bonds. The predicted molar refractivity (Wildman–Crippen MR) is 51.0 cm³/mol. The molecule has 0 bridgehead atoms. The quantitative estimate of drug-likeness (QED) is 0.576. The standard InChI is InChI=1S/C11H18O/c1-9(10(2)12)8-11-6-4-3-5-7-11/h8,11H,3-7H2,1-2H3. The fourth-order valence-electron chi connectivity index (χ4n) is 1.77. The molecule has 1 aliphatic carbocycles. The highest BCUT2D eigenvalue weighted by atomic mass is 16.1. The average molecular weight is 166 g/mol. The van der Waals surface area contributed by atoms with E-state index in [1.165, 1.54) is 32.1 Å². The van der Waals surface area contributed by atoms with Crippen LogP contribution in [0.3, 0.4) is 0 Å². The van der Waals surface area contributed by atoms with Crippen LogP contribution in [0.15, 0.2) is 11.6 Å². The van der Waals surface area contributed by atoms with Crippen LogP contribution in [0.2, 0.25) is 0 Å². The summed E-state index contributed by atoms with van der Waals surface area (Å²) >= 11 is 0. The lowest BCUT2D eigenvalue weighted by Gasteiger charge is -2.18. The van der Waals surface area contributed by atoms with Crippen molar-refractivity contribution >= 4 is 5.78 Å². The lowest BCUT2D eigenvalue weighted by atomic mass is 9.88. The number of hydrogen-bond donors (Lipinski definition) is 0. The van der Waals surface area contributed by atoms with Gasteiger partial charge in [-0.2, -0.15) is 0 Å². The van der Waals surface area contributed by atoms with E-state index in [0.29, 0.717) is 5.92 Å². The van der Waals surface area contributed by atoms with E-state index in [2.05, 4.69) is 6.08 Å². The third-order valence-corrected chi connectivity index (χ3v) is 2.69. The molecular weight excluding hydrogens is 148 g/mol. The summed E-state index contributed by atoms with van der Waals surface area (Å²) in [5.41, 5.74) is 0.946. The van der Waals surface area contributed by atoms with Gasteiger partial charge in [0.05, 0.1) is 0 Å². The molecule has 0 radical (unpaired) electrons. The van der Waals surface area contributed by atoms with Crippen LogP contribution < -0.4 is 0 Å². The monoisotopic (exact) mass is 166 g/mol. The molecule has 0 heterocycles. The molecule has 0 aromatic carbocycles. The van der Waals surface area contributed by atoms with Gasteiger partial charge in [0.2, 0.25) is 0 Å². The Bertz CT molecular complexity index is 185. The van der Waals surface area contributed by atoms with Crippen molar-refractivity contribution in [2.24, 2.45) is 5.92 Å². The molecule has 1 heteroatoms. The SMILES string of the molecule is CC(=O)C(C)=CC1CCCCC1. The Morgan fingerprint density at radius 1 is 1.17 bits per heavy atom. The topological polar surface area (TPSA) is 17.1 Å². The van der Waals surface area contributed by atoms with Gasteiger partial charge in [-0.05, 0) is 38.2 Å². The highest BCUT2D eigenvalue weighted by Crippen LogP contribution is 2.25. The van der Waals surface area contributed by atoms with Gasteiger partial charge in [-0.15, -0.1) is 0 Å². The Balaban J connectivity index is 2.47. The summed E-state index contributed by atoms with van der Waals surface area (Å²) in [6.07, 6.45) is 8.79. The van der Waals surface area contributed by atoms with Gasteiger partial charge in [-0.25, -0.2) is 0 Å². The normalized spacial score (nSPS) is 21.0. The maximum absolute atomic E-state index is 10.9. The molecule has 0 aliphatic heterocycles. The second kappa shape index (κ2) is 4.44. The molecule has 0 aromatic rings. The van der Waals surface area contributed by atoms with E-state index < -0.39 is 0 Å². The van der Waals surface area contributed by atoms with Gasteiger partial charge >= 0.3 is 0 Å². The summed E-state index contributed by atoms with van der Waals surface area (Å²) in [5, 5.41) is 0. The first-order valence-corrected chi connectivity index (χ1v) is 4.89. The molecule has 1 rings (SSSR count). The van der Waals surface area contributed by atoms with Gasteiger partial charge in [0, 0.05) is 0 Å². The predicted octanol–water partition coefficient (Wildman–Crippen LogP) is 3.10. The average Bonchev–Trinajstić information content (AvgIpc) is 2.06. The Morgan fingerprint density at radius 3 is 2.25 bits per heavy atom. The molecule has 12 heavy (non-hydrogen) atoms. The number of ketones is 1. The minimum atomic E-state index is 0.223.